The number of rotatable bonds is 3. The molecule has 3 aromatic rings. The Morgan fingerprint density at radius 3 is 2.50 bits per heavy atom. The van der Waals surface area contributed by atoms with E-state index in [1.165, 1.54) is 12.8 Å². The van der Waals surface area contributed by atoms with Crippen LogP contribution in [0.2, 0.25) is 0 Å². The Balaban J connectivity index is 1.51. The summed E-state index contributed by atoms with van der Waals surface area (Å²) in [5.74, 6) is 1.81. The summed E-state index contributed by atoms with van der Waals surface area (Å²) >= 11 is 0. The van der Waals surface area contributed by atoms with E-state index >= 15 is 0 Å². The SMILES string of the molecule is Nc1ccc(C(=O)Nc2ccc(-c3nnc4n3CCCCC4)cc2)cc1. The van der Waals surface area contributed by atoms with Gasteiger partial charge in [-0.25, -0.2) is 0 Å². The third-order valence-electron chi connectivity index (χ3n) is 4.68. The molecule has 0 unspecified atom stereocenters. The van der Waals surface area contributed by atoms with Gasteiger partial charge in [0.1, 0.15) is 5.82 Å². The van der Waals surface area contributed by atoms with Crippen molar-refractivity contribution in [1.82, 2.24) is 14.8 Å². The number of hydrogen-bond donors (Lipinski definition) is 2. The van der Waals surface area contributed by atoms with Gasteiger partial charge >= 0.3 is 0 Å². The lowest BCUT2D eigenvalue weighted by atomic mass is 10.1. The average Bonchev–Trinajstić information content (AvgIpc) is 2.91. The minimum Gasteiger partial charge on any atom is -0.399 e. The molecule has 1 aromatic heterocycles. The Labute approximate surface area is 152 Å². The molecule has 1 aliphatic heterocycles. The van der Waals surface area contributed by atoms with Gasteiger partial charge in [0, 0.05) is 35.5 Å². The fourth-order valence-electron chi connectivity index (χ4n) is 3.24. The van der Waals surface area contributed by atoms with Gasteiger partial charge in [0.15, 0.2) is 5.82 Å². The number of nitrogen functional groups attached to an aromatic ring is 1. The summed E-state index contributed by atoms with van der Waals surface area (Å²) < 4.78 is 2.22. The highest BCUT2D eigenvalue weighted by molar-refractivity contribution is 6.04. The Kier molecular flexibility index (Phi) is 4.39. The number of aromatic nitrogens is 3. The number of aryl methyl sites for hydroxylation is 1. The molecular formula is C20H21N5O. The highest BCUT2D eigenvalue weighted by Crippen LogP contribution is 2.24. The van der Waals surface area contributed by atoms with Crippen LogP contribution in [0.5, 0.6) is 0 Å². The quantitative estimate of drug-likeness (QED) is 0.710. The fraction of sp³-hybridized carbons (Fsp3) is 0.250. The van der Waals surface area contributed by atoms with E-state index in [1.807, 2.05) is 24.3 Å². The van der Waals surface area contributed by atoms with Gasteiger partial charge in [-0.05, 0) is 61.4 Å². The smallest absolute Gasteiger partial charge is 0.255 e. The molecule has 0 aliphatic carbocycles. The number of fused-ring (bicyclic) bond motifs is 1. The van der Waals surface area contributed by atoms with Crippen LogP contribution in [0.1, 0.15) is 35.4 Å². The molecule has 26 heavy (non-hydrogen) atoms. The predicted molar refractivity (Wildman–Crippen MR) is 102 cm³/mol. The average molecular weight is 347 g/mol. The number of benzene rings is 2. The molecule has 0 fully saturated rings. The number of nitrogens with zero attached hydrogens (tertiary/aromatic N) is 3. The molecule has 4 rings (SSSR count). The second kappa shape index (κ2) is 7.00. The van der Waals surface area contributed by atoms with Crippen molar-refractivity contribution in [1.29, 1.82) is 0 Å². The van der Waals surface area contributed by atoms with Crippen LogP contribution in [0.25, 0.3) is 11.4 Å². The monoisotopic (exact) mass is 347 g/mol. The second-order valence-electron chi connectivity index (χ2n) is 6.56. The van der Waals surface area contributed by atoms with Gasteiger partial charge < -0.3 is 15.6 Å². The molecule has 1 aliphatic rings. The first-order chi connectivity index (χ1) is 12.7. The number of nitrogens with two attached hydrogens (primary N) is 1. The fourth-order valence-corrected chi connectivity index (χ4v) is 3.24. The van der Waals surface area contributed by atoms with E-state index in [9.17, 15) is 4.79 Å². The number of carbonyl (C=O) groups excluding carboxylic acids is 1. The van der Waals surface area contributed by atoms with Crippen LogP contribution in [-0.4, -0.2) is 20.7 Å². The number of hydrogen-bond acceptors (Lipinski definition) is 4. The largest absolute Gasteiger partial charge is 0.399 e. The maximum atomic E-state index is 12.3. The molecule has 0 saturated carbocycles. The van der Waals surface area contributed by atoms with Gasteiger partial charge in [-0.2, -0.15) is 0 Å². The zero-order valence-corrected chi connectivity index (χ0v) is 14.5. The van der Waals surface area contributed by atoms with Crippen molar-refractivity contribution in [2.75, 3.05) is 11.1 Å². The van der Waals surface area contributed by atoms with Crippen LogP contribution in [0.4, 0.5) is 11.4 Å². The van der Waals surface area contributed by atoms with Crippen molar-refractivity contribution >= 4 is 17.3 Å². The van der Waals surface area contributed by atoms with Crippen molar-refractivity contribution in [2.45, 2.75) is 32.2 Å². The second-order valence-corrected chi connectivity index (χ2v) is 6.56. The summed E-state index contributed by atoms with van der Waals surface area (Å²) in [6.07, 6.45) is 4.56. The van der Waals surface area contributed by atoms with Gasteiger partial charge in [0.05, 0.1) is 0 Å². The number of amides is 1. The minimum atomic E-state index is -0.158. The lowest BCUT2D eigenvalue weighted by molar-refractivity contribution is 0.102. The van der Waals surface area contributed by atoms with Crippen molar-refractivity contribution < 1.29 is 4.79 Å². The molecule has 0 spiro atoms. The van der Waals surface area contributed by atoms with E-state index in [0.29, 0.717) is 11.3 Å². The van der Waals surface area contributed by atoms with Crippen molar-refractivity contribution in [3.05, 3.63) is 59.9 Å². The van der Waals surface area contributed by atoms with Crippen LogP contribution in [0.3, 0.4) is 0 Å². The summed E-state index contributed by atoms with van der Waals surface area (Å²) in [6, 6.07) is 14.6. The van der Waals surface area contributed by atoms with Gasteiger partial charge in [0.2, 0.25) is 0 Å². The van der Waals surface area contributed by atoms with E-state index in [0.717, 1.165) is 42.3 Å². The molecule has 6 heteroatoms. The highest BCUT2D eigenvalue weighted by Gasteiger charge is 2.16. The molecule has 1 amide bonds. The normalized spacial score (nSPS) is 13.7. The van der Waals surface area contributed by atoms with E-state index in [4.69, 9.17) is 5.73 Å². The molecule has 6 nitrogen and oxygen atoms in total. The zero-order chi connectivity index (χ0) is 17.9. The Hall–Kier alpha value is -3.15. The Bertz CT molecular complexity index is 912. The first-order valence-corrected chi connectivity index (χ1v) is 8.90. The van der Waals surface area contributed by atoms with E-state index in [2.05, 4.69) is 20.1 Å². The van der Waals surface area contributed by atoms with Crippen molar-refractivity contribution in [3.8, 4) is 11.4 Å². The van der Waals surface area contributed by atoms with E-state index in [-0.39, 0.29) is 5.91 Å². The van der Waals surface area contributed by atoms with Gasteiger partial charge in [-0.3, -0.25) is 4.79 Å². The van der Waals surface area contributed by atoms with Crippen molar-refractivity contribution in [3.63, 3.8) is 0 Å². The molecule has 0 saturated heterocycles. The summed E-state index contributed by atoms with van der Waals surface area (Å²) in [7, 11) is 0. The Morgan fingerprint density at radius 2 is 1.73 bits per heavy atom. The van der Waals surface area contributed by atoms with E-state index < -0.39 is 0 Å². The maximum absolute atomic E-state index is 12.3. The van der Waals surface area contributed by atoms with Crippen LogP contribution < -0.4 is 11.1 Å². The molecule has 0 atom stereocenters. The topological polar surface area (TPSA) is 85.8 Å². The van der Waals surface area contributed by atoms with Crippen molar-refractivity contribution in [2.24, 2.45) is 0 Å². The first kappa shape index (κ1) is 16.3. The predicted octanol–water partition coefficient (Wildman–Crippen LogP) is 3.51. The standard InChI is InChI=1S/C20H21N5O/c21-16-9-5-15(6-10-16)20(26)22-17-11-7-14(8-12-17)19-24-23-18-4-2-1-3-13-25(18)19/h5-12H,1-4,13,21H2,(H,22,26). The molecule has 2 aromatic carbocycles. The highest BCUT2D eigenvalue weighted by atomic mass is 16.1. The number of anilines is 2. The summed E-state index contributed by atoms with van der Waals surface area (Å²) in [4.78, 5) is 12.3. The first-order valence-electron chi connectivity index (χ1n) is 8.90. The molecule has 132 valence electrons. The number of nitrogens with one attached hydrogen (secondary N) is 1. The third kappa shape index (κ3) is 3.31. The maximum Gasteiger partial charge on any atom is 0.255 e. The number of carbonyl (C=O) groups is 1. The zero-order valence-electron chi connectivity index (χ0n) is 14.5. The van der Waals surface area contributed by atoms with Gasteiger partial charge in [-0.15, -0.1) is 10.2 Å². The lowest BCUT2D eigenvalue weighted by Gasteiger charge is -2.09. The molecule has 0 radical (unpaired) electrons. The summed E-state index contributed by atoms with van der Waals surface area (Å²) in [6.45, 7) is 0.966. The molecule has 0 bridgehead atoms. The van der Waals surface area contributed by atoms with Crippen LogP contribution in [0, 0.1) is 0 Å². The summed E-state index contributed by atoms with van der Waals surface area (Å²) in [5.41, 5.74) is 8.62. The molecule has 3 N–H and O–H groups in total. The van der Waals surface area contributed by atoms with Crippen LogP contribution in [-0.2, 0) is 13.0 Å². The summed E-state index contributed by atoms with van der Waals surface area (Å²) in [5, 5.41) is 11.6. The lowest BCUT2D eigenvalue weighted by Crippen LogP contribution is -2.11. The molecular weight excluding hydrogens is 326 g/mol. The van der Waals surface area contributed by atoms with Gasteiger partial charge in [-0.1, -0.05) is 6.42 Å². The molecule has 2 heterocycles. The Morgan fingerprint density at radius 1 is 0.962 bits per heavy atom. The third-order valence-corrected chi connectivity index (χ3v) is 4.68. The van der Waals surface area contributed by atoms with Crippen LogP contribution >= 0.6 is 0 Å². The van der Waals surface area contributed by atoms with Gasteiger partial charge in [0.25, 0.3) is 5.91 Å². The van der Waals surface area contributed by atoms with E-state index in [1.54, 1.807) is 24.3 Å². The van der Waals surface area contributed by atoms with Crippen LogP contribution in [0.15, 0.2) is 48.5 Å². The minimum absolute atomic E-state index is 0.158.